The zero-order chi connectivity index (χ0) is 16.8. The standard InChI is InChI=1S/C11H21NO3.C5H8O2/c1-4-6-7-8-10(13)12-9(3)11(14)15-5-2;6-4-5-2-1-3-7-5/h9H,4-8H2,1-3H3,(H,12,13);4-5H,1-3H2. The summed E-state index contributed by atoms with van der Waals surface area (Å²) >= 11 is 0. The van der Waals surface area contributed by atoms with Crippen molar-refractivity contribution in [3.63, 3.8) is 0 Å². The third kappa shape index (κ3) is 10.3. The molecule has 0 aromatic rings. The maximum Gasteiger partial charge on any atom is 0.328 e. The number of rotatable bonds is 8. The number of ether oxygens (including phenoxy) is 2. The van der Waals surface area contributed by atoms with Crippen LogP contribution in [0, 0.1) is 0 Å². The van der Waals surface area contributed by atoms with Crippen molar-refractivity contribution in [2.75, 3.05) is 13.2 Å². The van der Waals surface area contributed by atoms with Crippen LogP contribution in [0.4, 0.5) is 0 Å². The number of carbonyl (C=O) groups excluding carboxylic acids is 3. The van der Waals surface area contributed by atoms with Crippen LogP contribution in [0.1, 0.15) is 59.3 Å². The molecule has 2 atom stereocenters. The molecule has 0 saturated carbocycles. The van der Waals surface area contributed by atoms with Crippen molar-refractivity contribution in [2.24, 2.45) is 0 Å². The average Bonchev–Trinajstić information content (AvgIpc) is 3.01. The van der Waals surface area contributed by atoms with Crippen molar-refractivity contribution in [1.82, 2.24) is 5.32 Å². The number of amides is 1. The molecular weight excluding hydrogens is 286 g/mol. The highest BCUT2D eigenvalue weighted by atomic mass is 16.5. The monoisotopic (exact) mass is 315 g/mol. The SMILES string of the molecule is CCCCCC(=O)NC(C)C(=O)OCC.O=CC1CCCO1. The Balaban J connectivity index is 0.000000518. The van der Waals surface area contributed by atoms with Crippen LogP contribution in [0.3, 0.4) is 0 Å². The van der Waals surface area contributed by atoms with Crippen LogP contribution >= 0.6 is 0 Å². The number of esters is 1. The molecule has 1 aliphatic rings. The lowest BCUT2D eigenvalue weighted by molar-refractivity contribution is -0.146. The summed E-state index contributed by atoms with van der Waals surface area (Å²) in [5.41, 5.74) is 0. The first kappa shape index (κ1) is 20.6. The summed E-state index contributed by atoms with van der Waals surface area (Å²) in [6, 6.07) is -0.543. The predicted molar refractivity (Wildman–Crippen MR) is 83.4 cm³/mol. The number of carbonyl (C=O) groups is 3. The third-order valence-corrected chi connectivity index (χ3v) is 3.14. The van der Waals surface area contributed by atoms with Crippen LogP contribution in [0.2, 0.25) is 0 Å². The number of hydrogen-bond donors (Lipinski definition) is 1. The topological polar surface area (TPSA) is 81.7 Å². The molecule has 0 spiro atoms. The van der Waals surface area contributed by atoms with Crippen LogP contribution in [0.15, 0.2) is 0 Å². The molecular formula is C16H29NO5. The van der Waals surface area contributed by atoms with Gasteiger partial charge in [-0.15, -0.1) is 0 Å². The van der Waals surface area contributed by atoms with Gasteiger partial charge in [-0.2, -0.15) is 0 Å². The van der Waals surface area contributed by atoms with E-state index in [9.17, 15) is 14.4 Å². The van der Waals surface area contributed by atoms with Gasteiger partial charge in [-0.25, -0.2) is 4.79 Å². The summed E-state index contributed by atoms with van der Waals surface area (Å²) in [5.74, 6) is -0.453. The molecule has 1 rings (SSSR count). The van der Waals surface area contributed by atoms with Gasteiger partial charge in [-0.05, 0) is 33.1 Å². The van der Waals surface area contributed by atoms with E-state index in [0.29, 0.717) is 13.0 Å². The van der Waals surface area contributed by atoms with Gasteiger partial charge in [0.05, 0.1) is 6.61 Å². The largest absolute Gasteiger partial charge is 0.464 e. The molecule has 1 amide bonds. The summed E-state index contributed by atoms with van der Waals surface area (Å²) in [6.45, 7) is 6.57. The van der Waals surface area contributed by atoms with E-state index in [-0.39, 0.29) is 18.0 Å². The molecule has 1 heterocycles. The van der Waals surface area contributed by atoms with E-state index in [0.717, 1.165) is 45.0 Å². The van der Waals surface area contributed by atoms with Gasteiger partial charge in [0.2, 0.25) is 5.91 Å². The van der Waals surface area contributed by atoms with Gasteiger partial charge in [-0.3, -0.25) is 4.79 Å². The van der Waals surface area contributed by atoms with Crippen LogP contribution < -0.4 is 5.32 Å². The van der Waals surface area contributed by atoms with Gasteiger partial charge in [0.25, 0.3) is 0 Å². The van der Waals surface area contributed by atoms with E-state index in [1.807, 2.05) is 0 Å². The molecule has 0 bridgehead atoms. The van der Waals surface area contributed by atoms with Crippen molar-refractivity contribution in [1.29, 1.82) is 0 Å². The number of unbranched alkanes of at least 4 members (excludes halogenated alkanes) is 2. The van der Waals surface area contributed by atoms with Crippen molar-refractivity contribution < 1.29 is 23.9 Å². The molecule has 0 aromatic heterocycles. The minimum Gasteiger partial charge on any atom is -0.464 e. The summed E-state index contributed by atoms with van der Waals surface area (Å²) in [4.78, 5) is 32.4. The molecule has 22 heavy (non-hydrogen) atoms. The van der Waals surface area contributed by atoms with E-state index in [1.54, 1.807) is 13.8 Å². The Morgan fingerprint density at radius 2 is 2.09 bits per heavy atom. The van der Waals surface area contributed by atoms with Crippen LogP contribution in [-0.2, 0) is 23.9 Å². The van der Waals surface area contributed by atoms with Gasteiger partial charge >= 0.3 is 5.97 Å². The van der Waals surface area contributed by atoms with Gasteiger partial charge in [0.1, 0.15) is 18.4 Å². The smallest absolute Gasteiger partial charge is 0.328 e. The molecule has 1 N–H and O–H groups in total. The summed E-state index contributed by atoms with van der Waals surface area (Å²) in [5, 5.41) is 2.61. The van der Waals surface area contributed by atoms with E-state index < -0.39 is 6.04 Å². The maximum atomic E-state index is 11.3. The second-order valence-electron chi connectivity index (χ2n) is 5.19. The fourth-order valence-electron chi connectivity index (χ4n) is 1.89. The van der Waals surface area contributed by atoms with Crippen molar-refractivity contribution in [3.05, 3.63) is 0 Å². The molecule has 1 fully saturated rings. The summed E-state index contributed by atoms with van der Waals surface area (Å²) in [7, 11) is 0. The molecule has 6 nitrogen and oxygen atoms in total. The Morgan fingerprint density at radius 1 is 1.36 bits per heavy atom. The van der Waals surface area contributed by atoms with E-state index in [2.05, 4.69) is 12.2 Å². The molecule has 0 aliphatic carbocycles. The minimum absolute atomic E-state index is 0.0796. The molecule has 1 saturated heterocycles. The average molecular weight is 315 g/mol. The molecule has 0 aromatic carbocycles. The molecule has 2 unspecified atom stereocenters. The van der Waals surface area contributed by atoms with Gasteiger partial charge in [0.15, 0.2) is 0 Å². The molecule has 1 aliphatic heterocycles. The Labute approximate surface area is 132 Å². The first-order valence-corrected chi connectivity index (χ1v) is 8.08. The van der Waals surface area contributed by atoms with Crippen molar-refractivity contribution >= 4 is 18.2 Å². The Morgan fingerprint density at radius 3 is 2.55 bits per heavy atom. The van der Waals surface area contributed by atoms with Gasteiger partial charge in [0, 0.05) is 13.0 Å². The fourth-order valence-corrected chi connectivity index (χ4v) is 1.89. The maximum absolute atomic E-state index is 11.3. The second-order valence-corrected chi connectivity index (χ2v) is 5.19. The first-order chi connectivity index (χ1) is 10.5. The van der Waals surface area contributed by atoms with E-state index in [4.69, 9.17) is 9.47 Å². The zero-order valence-electron chi connectivity index (χ0n) is 13.9. The fraction of sp³-hybridized carbons (Fsp3) is 0.812. The zero-order valence-corrected chi connectivity index (χ0v) is 13.9. The lowest BCUT2D eigenvalue weighted by atomic mass is 10.2. The normalized spacial score (nSPS) is 17.9. The lowest BCUT2D eigenvalue weighted by Gasteiger charge is -2.12. The van der Waals surface area contributed by atoms with Crippen molar-refractivity contribution in [3.8, 4) is 0 Å². The summed E-state index contributed by atoms with van der Waals surface area (Å²) < 4.78 is 9.71. The van der Waals surface area contributed by atoms with Crippen LogP contribution in [0.25, 0.3) is 0 Å². The molecule has 0 radical (unpaired) electrons. The molecule has 128 valence electrons. The highest BCUT2D eigenvalue weighted by Gasteiger charge is 2.15. The van der Waals surface area contributed by atoms with Crippen LogP contribution in [-0.4, -0.2) is 43.5 Å². The van der Waals surface area contributed by atoms with Gasteiger partial charge in [-0.1, -0.05) is 19.8 Å². The van der Waals surface area contributed by atoms with Crippen LogP contribution in [0.5, 0.6) is 0 Å². The summed E-state index contributed by atoms with van der Waals surface area (Å²) in [6.07, 6.45) is 6.23. The lowest BCUT2D eigenvalue weighted by Crippen LogP contribution is -2.39. The second kappa shape index (κ2) is 13.2. The number of nitrogens with one attached hydrogen (secondary N) is 1. The van der Waals surface area contributed by atoms with Crippen molar-refractivity contribution in [2.45, 2.75) is 71.4 Å². The Hall–Kier alpha value is -1.43. The third-order valence-electron chi connectivity index (χ3n) is 3.14. The number of hydrogen-bond acceptors (Lipinski definition) is 5. The predicted octanol–water partition coefficient (Wildman–Crippen LogP) is 2.00. The van der Waals surface area contributed by atoms with E-state index in [1.165, 1.54) is 0 Å². The highest BCUT2D eigenvalue weighted by Crippen LogP contribution is 2.08. The first-order valence-electron chi connectivity index (χ1n) is 8.08. The van der Waals surface area contributed by atoms with E-state index >= 15 is 0 Å². The Kier molecular flexibility index (Phi) is 12.4. The quantitative estimate of drug-likeness (QED) is 0.421. The minimum atomic E-state index is -0.543. The van der Waals surface area contributed by atoms with Gasteiger partial charge < -0.3 is 19.6 Å². The number of aldehydes is 1. The highest BCUT2D eigenvalue weighted by molar-refractivity contribution is 5.84. The Bertz CT molecular complexity index is 326. The molecule has 6 heteroatoms.